The first kappa shape index (κ1) is 30.2. The molecule has 1 fully saturated rings. The third kappa shape index (κ3) is 8.37. The number of methoxy groups -OCH3 is 1. The van der Waals surface area contributed by atoms with Gasteiger partial charge in [0.1, 0.15) is 5.75 Å². The number of para-hydroxylation sites is 1. The molecule has 4 rings (SSSR count). The van der Waals surface area contributed by atoms with E-state index in [0.717, 1.165) is 22.4 Å². The lowest BCUT2D eigenvalue weighted by molar-refractivity contribution is -0.384. The molecular formula is C33H36N4O5. The Morgan fingerprint density at radius 1 is 0.952 bits per heavy atom. The van der Waals surface area contributed by atoms with Crippen LogP contribution in [0.2, 0.25) is 0 Å². The molecule has 42 heavy (non-hydrogen) atoms. The van der Waals surface area contributed by atoms with E-state index < -0.39 is 4.92 Å². The number of non-ortho nitro benzene ring substituents is 1. The van der Waals surface area contributed by atoms with Crippen LogP contribution in [0.5, 0.6) is 5.75 Å². The van der Waals surface area contributed by atoms with Crippen molar-refractivity contribution >= 4 is 29.7 Å². The van der Waals surface area contributed by atoms with Gasteiger partial charge in [0.25, 0.3) is 11.6 Å². The highest BCUT2D eigenvalue weighted by atomic mass is 16.6. The van der Waals surface area contributed by atoms with E-state index in [0.29, 0.717) is 51.4 Å². The Morgan fingerprint density at radius 2 is 1.64 bits per heavy atom. The van der Waals surface area contributed by atoms with Crippen molar-refractivity contribution in [3.8, 4) is 5.75 Å². The number of nitro benzene ring substituents is 1. The first-order chi connectivity index (χ1) is 20.3. The van der Waals surface area contributed by atoms with Crippen molar-refractivity contribution in [2.75, 3.05) is 52.9 Å². The third-order valence-electron chi connectivity index (χ3n) is 7.24. The maximum Gasteiger partial charge on any atom is 0.269 e. The standard InChI is InChI=1S/C33H36N4O5/c1-26-9-14-29(15-10-26)33(39)36(19-5-7-28-6-3-4-8-31(28)42-2)25-22-34-20-23-35(24-21-34)32(38)18-13-27-11-16-30(17-12-27)37(40)41/h3-18H,19-25H2,1-2H3/b7-5+,18-13+. The molecule has 0 radical (unpaired) electrons. The lowest BCUT2D eigenvalue weighted by atomic mass is 10.1. The highest BCUT2D eigenvalue weighted by molar-refractivity contribution is 5.94. The molecular weight excluding hydrogens is 532 g/mol. The van der Waals surface area contributed by atoms with Gasteiger partial charge in [0.2, 0.25) is 5.91 Å². The SMILES string of the molecule is COc1ccccc1/C=C/CN(CCN1CCN(C(=O)/C=C/c2ccc([N+](=O)[O-])cc2)CC1)C(=O)c1ccc(C)cc1. The van der Waals surface area contributed by atoms with Crippen molar-refractivity contribution in [1.29, 1.82) is 0 Å². The van der Waals surface area contributed by atoms with Crippen molar-refractivity contribution in [2.45, 2.75) is 6.92 Å². The molecule has 9 heteroatoms. The van der Waals surface area contributed by atoms with E-state index in [-0.39, 0.29) is 17.5 Å². The van der Waals surface area contributed by atoms with E-state index in [9.17, 15) is 19.7 Å². The quantitative estimate of drug-likeness (QED) is 0.185. The topological polar surface area (TPSA) is 96.2 Å². The Balaban J connectivity index is 1.32. The van der Waals surface area contributed by atoms with Gasteiger partial charge in [-0.2, -0.15) is 0 Å². The minimum Gasteiger partial charge on any atom is -0.496 e. The maximum absolute atomic E-state index is 13.4. The van der Waals surface area contributed by atoms with Crippen LogP contribution in [0.4, 0.5) is 5.69 Å². The minimum absolute atomic E-state index is 0.0150. The van der Waals surface area contributed by atoms with Gasteiger partial charge >= 0.3 is 0 Å². The molecule has 0 N–H and O–H groups in total. The van der Waals surface area contributed by atoms with Gasteiger partial charge in [0, 0.05) is 75.1 Å². The summed E-state index contributed by atoms with van der Waals surface area (Å²) in [6.07, 6.45) is 7.14. The zero-order valence-corrected chi connectivity index (χ0v) is 24.0. The number of hydrogen-bond donors (Lipinski definition) is 0. The summed E-state index contributed by atoms with van der Waals surface area (Å²) in [5.74, 6) is 0.663. The van der Waals surface area contributed by atoms with E-state index in [1.54, 1.807) is 30.2 Å². The van der Waals surface area contributed by atoms with Crippen molar-refractivity contribution in [3.63, 3.8) is 0 Å². The van der Waals surface area contributed by atoms with Crippen LogP contribution in [0, 0.1) is 17.0 Å². The number of carbonyl (C=O) groups is 2. The van der Waals surface area contributed by atoms with Crippen molar-refractivity contribution in [2.24, 2.45) is 0 Å². The molecule has 0 aromatic heterocycles. The monoisotopic (exact) mass is 568 g/mol. The first-order valence-corrected chi connectivity index (χ1v) is 13.9. The number of nitro groups is 1. The van der Waals surface area contributed by atoms with Gasteiger partial charge in [-0.05, 0) is 48.9 Å². The molecule has 1 aliphatic rings. The summed E-state index contributed by atoms with van der Waals surface area (Å²) in [4.78, 5) is 42.4. The number of piperazine rings is 1. The molecule has 2 amide bonds. The maximum atomic E-state index is 13.4. The zero-order valence-electron chi connectivity index (χ0n) is 24.0. The van der Waals surface area contributed by atoms with Gasteiger partial charge in [0.05, 0.1) is 12.0 Å². The van der Waals surface area contributed by atoms with E-state index in [4.69, 9.17) is 4.74 Å². The smallest absolute Gasteiger partial charge is 0.269 e. The van der Waals surface area contributed by atoms with E-state index in [2.05, 4.69) is 4.90 Å². The van der Waals surface area contributed by atoms with Crippen LogP contribution in [0.3, 0.4) is 0 Å². The zero-order chi connectivity index (χ0) is 29.9. The summed E-state index contributed by atoms with van der Waals surface area (Å²) in [7, 11) is 1.64. The number of ether oxygens (including phenoxy) is 1. The second-order valence-corrected chi connectivity index (χ2v) is 10.1. The highest BCUT2D eigenvalue weighted by Gasteiger charge is 2.21. The van der Waals surface area contributed by atoms with Crippen LogP contribution in [0.1, 0.15) is 27.0 Å². The third-order valence-corrected chi connectivity index (χ3v) is 7.24. The predicted octanol–water partition coefficient (Wildman–Crippen LogP) is 4.93. The molecule has 0 aliphatic carbocycles. The summed E-state index contributed by atoms with van der Waals surface area (Å²) < 4.78 is 5.44. The number of hydrogen-bond acceptors (Lipinski definition) is 6. The van der Waals surface area contributed by atoms with Gasteiger partial charge < -0.3 is 14.5 Å². The van der Waals surface area contributed by atoms with Crippen LogP contribution in [0.15, 0.2) is 84.9 Å². The second-order valence-electron chi connectivity index (χ2n) is 10.1. The molecule has 0 atom stereocenters. The summed E-state index contributed by atoms with van der Waals surface area (Å²) in [6, 6.07) is 21.5. The fourth-order valence-electron chi connectivity index (χ4n) is 4.70. The van der Waals surface area contributed by atoms with Gasteiger partial charge in [0.15, 0.2) is 0 Å². The number of benzene rings is 3. The molecule has 218 valence electrons. The van der Waals surface area contributed by atoms with Crippen molar-refractivity contribution < 1.29 is 19.2 Å². The average molecular weight is 569 g/mol. The van der Waals surface area contributed by atoms with Gasteiger partial charge in [-0.15, -0.1) is 0 Å². The molecule has 0 bridgehead atoms. The Bertz CT molecular complexity index is 1430. The number of nitrogens with zero attached hydrogens (tertiary/aromatic N) is 4. The van der Waals surface area contributed by atoms with E-state index in [1.165, 1.54) is 18.2 Å². The number of amides is 2. The number of carbonyl (C=O) groups excluding carboxylic acids is 2. The lowest BCUT2D eigenvalue weighted by Gasteiger charge is -2.35. The fourth-order valence-corrected chi connectivity index (χ4v) is 4.70. The Morgan fingerprint density at radius 3 is 2.31 bits per heavy atom. The van der Waals surface area contributed by atoms with Crippen LogP contribution in [-0.2, 0) is 4.79 Å². The Labute approximate surface area is 246 Å². The molecule has 9 nitrogen and oxygen atoms in total. The Kier molecular flexibility index (Phi) is 10.6. The van der Waals surface area contributed by atoms with E-state index in [1.807, 2.05) is 72.5 Å². The summed E-state index contributed by atoms with van der Waals surface area (Å²) in [5.41, 5.74) is 3.45. The molecule has 3 aromatic carbocycles. The lowest BCUT2D eigenvalue weighted by Crippen LogP contribution is -2.50. The van der Waals surface area contributed by atoms with Crippen molar-refractivity contribution in [1.82, 2.24) is 14.7 Å². The van der Waals surface area contributed by atoms with Crippen molar-refractivity contribution in [3.05, 3.63) is 117 Å². The minimum atomic E-state index is -0.450. The predicted molar refractivity (Wildman–Crippen MR) is 164 cm³/mol. The number of rotatable bonds is 11. The van der Waals surface area contributed by atoms with Crippen LogP contribution in [0.25, 0.3) is 12.2 Å². The Hall–Kier alpha value is -4.76. The molecule has 0 unspecified atom stereocenters. The van der Waals surface area contributed by atoms with Crippen LogP contribution < -0.4 is 4.74 Å². The highest BCUT2D eigenvalue weighted by Crippen LogP contribution is 2.19. The van der Waals surface area contributed by atoms with Gasteiger partial charge in [-0.25, -0.2) is 0 Å². The molecule has 1 saturated heterocycles. The number of aryl methyl sites for hydroxylation is 1. The molecule has 0 spiro atoms. The van der Waals surface area contributed by atoms with Crippen LogP contribution in [-0.4, -0.2) is 84.4 Å². The van der Waals surface area contributed by atoms with Gasteiger partial charge in [-0.1, -0.05) is 48.0 Å². The summed E-state index contributed by atoms with van der Waals surface area (Å²) in [6.45, 7) is 6.29. The normalized spacial score (nSPS) is 13.9. The molecule has 1 aliphatic heterocycles. The summed E-state index contributed by atoms with van der Waals surface area (Å²) in [5, 5.41) is 10.8. The molecule has 3 aromatic rings. The second kappa shape index (κ2) is 14.7. The first-order valence-electron chi connectivity index (χ1n) is 13.9. The molecule has 0 saturated carbocycles. The summed E-state index contributed by atoms with van der Waals surface area (Å²) >= 11 is 0. The largest absolute Gasteiger partial charge is 0.496 e. The van der Waals surface area contributed by atoms with E-state index >= 15 is 0 Å². The van der Waals surface area contributed by atoms with Crippen LogP contribution >= 0.6 is 0 Å². The molecule has 1 heterocycles. The fraction of sp³-hybridized carbons (Fsp3) is 0.273. The average Bonchev–Trinajstić information content (AvgIpc) is 3.02. The van der Waals surface area contributed by atoms with Gasteiger partial charge in [-0.3, -0.25) is 24.6 Å².